The molecule has 1 aliphatic heterocycles. The van der Waals surface area contributed by atoms with Crippen LogP contribution in [-0.2, 0) is 6.18 Å². The summed E-state index contributed by atoms with van der Waals surface area (Å²) in [5.74, 6) is -1.25. The first-order valence-electron chi connectivity index (χ1n) is 9.16. The van der Waals surface area contributed by atoms with E-state index in [1.807, 2.05) is 36.1 Å². The van der Waals surface area contributed by atoms with Crippen LogP contribution in [0.5, 0.6) is 0 Å². The minimum absolute atomic E-state index is 0.0124. The first-order valence-corrected chi connectivity index (χ1v) is 9.16. The summed E-state index contributed by atoms with van der Waals surface area (Å²) in [5.41, 5.74) is 1.83. The highest BCUT2D eigenvalue weighted by atomic mass is 19.4. The van der Waals surface area contributed by atoms with E-state index in [9.17, 15) is 18.0 Å². The Morgan fingerprint density at radius 3 is 2.33 bits per heavy atom. The molecule has 156 valence electrons. The van der Waals surface area contributed by atoms with Crippen LogP contribution in [0.2, 0.25) is 0 Å². The van der Waals surface area contributed by atoms with E-state index >= 15 is 0 Å². The van der Waals surface area contributed by atoms with Crippen molar-refractivity contribution in [1.82, 2.24) is 25.0 Å². The van der Waals surface area contributed by atoms with Gasteiger partial charge >= 0.3 is 12.1 Å². The molecule has 0 aliphatic carbocycles. The lowest BCUT2D eigenvalue weighted by atomic mass is 10.1. The predicted octanol–water partition coefficient (Wildman–Crippen LogP) is 2.82. The lowest BCUT2D eigenvalue weighted by Gasteiger charge is -2.35. The molecule has 30 heavy (non-hydrogen) atoms. The van der Waals surface area contributed by atoms with Gasteiger partial charge in [-0.1, -0.05) is 23.4 Å². The highest BCUT2D eigenvalue weighted by molar-refractivity contribution is 5.95. The smallest absolute Gasteiger partial charge is 0.337 e. The fourth-order valence-electron chi connectivity index (χ4n) is 3.15. The molecule has 0 N–H and O–H groups in total. The lowest BCUT2D eigenvalue weighted by Crippen LogP contribution is -2.49. The number of rotatable bonds is 3. The predicted molar refractivity (Wildman–Crippen MR) is 99.6 cm³/mol. The zero-order chi connectivity index (χ0) is 21.3. The Hall–Kier alpha value is -3.50. The maximum atomic E-state index is 12.7. The van der Waals surface area contributed by atoms with Crippen LogP contribution in [0.25, 0.3) is 11.4 Å². The molecule has 0 radical (unpaired) electrons. The van der Waals surface area contributed by atoms with Crippen molar-refractivity contribution in [1.29, 1.82) is 0 Å². The maximum absolute atomic E-state index is 12.7. The van der Waals surface area contributed by atoms with Crippen LogP contribution in [0.3, 0.4) is 0 Å². The number of anilines is 1. The van der Waals surface area contributed by atoms with Gasteiger partial charge < -0.3 is 14.3 Å². The summed E-state index contributed by atoms with van der Waals surface area (Å²) in [5, 5.41) is 3.32. The zero-order valence-electron chi connectivity index (χ0n) is 15.9. The Morgan fingerprint density at radius 2 is 1.73 bits per heavy atom. The van der Waals surface area contributed by atoms with Gasteiger partial charge in [0.15, 0.2) is 0 Å². The number of carbonyl (C=O) groups excluding carboxylic acids is 1. The molecule has 1 fully saturated rings. The standard InChI is InChI=1S/C19H17F3N6O2/c1-12-4-2-3-5-14(12)16(29)27-6-8-28(9-7-27)18-23-10-13(11-24-18)15-25-17(30-26-15)19(20,21)22/h2-5,10-11H,6-9H2,1H3. The van der Waals surface area contributed by atoms with Gasteiger partial charge in [0.25, 0.3) is 5.91 Å². The largest absolute Gasteiger partial charge is 0.471 e. The van der Waals surface area contributed by atoms with Crippen molar-refractivity contribution in [3.05, 3.63) is 53.7 Å². The number of hydrogen-bond donors (Lipinski definition) is 0. The number of nitrogens with zero attached hydrogens (tertiary/aromatic N) is 6. The van der Waals surface area contributed by atoms with Crippen LogP contribution in [0.15, 0.2) is 41.2 Å². The van der Waals surface area contributed by atoms with Crippen LogP contribution in [0.4, 0.5) is 19.1 Å². The van der Waals surface area contributed by atoms with Gasteiger partial charge in [0.2, 0.25) is 11.8 Å². The van der Waals surface area contributed by atoms with Gasteiger partial charge in [-0.3, -0.25) is 4.79 Å². The minimum Gasteiger partial charge on any atom is -0.337 e. The average Bonchev–Trinajstić information content (AvgIpc) is 3.25. The van der Waals surface area contributed by atoms with Crippen LogP contribution in [0.1, 0.15) is 21.8 Å². The summed E-state index contributed by atoms with van der Waals surface area (Å²) in [4.78, 5) is 28.1. The Balaban J connectivity index is 1.40. The number of aromatic nitrogens is 4. The molecule has 0 spiro atoms. The number of benzene rings is 1. The van der Waals surface area contributed by atoms with Crippen LogP contribution >= 0.6 is 0 Å². The molecule has 1 aromatic carbocycles. The van der Waals surface area contributed by atoms with E-state index in [-0.39, 0.29) is 17.3 Å². The van der Waals surface area contributed by atoms with E-state index in [1.54, 1.807) is 4.90 Å². The molecule has 4 rings (SSSR count). The van der Waals surface area contributed by atoms with Gasteiger partial charge in [-0.2, -0.15) is 18.2 Å². The van der Waals surface area contributed by atoms with Crippen LogP contribution in [-0.4, -0.2) is 57.1 Å². The summed E-state index contributed by atoms with van der Waals surface area (Å²) in [6.07, 6.45) is -2.02. The molecule has 1 aliphatic rings. The highest BCUT2D eigenvalue weighted by Crippen LogP contribution is 2.29. The topological polar surface area (TPSA) is 88.3 Å². The van der Waals surface area contributed by atoms with Crippen LogP contribution < -0.4 is 4.90 Å². The van der Waals surface area contributed by atoms with Gasteiger partial charge in [-0.05, 0) is 18.6 Å². The molecule has 8 nitrogen and oxygen atoms in total. The van der Waals surface area contributed by atoms with E-state index in [1.165, 1.54) is 12.4 Å². The van der Waals surface area contributed by atoms with Gasteiger partial charge in [0.05, 0.1) is 5.56 Å². The van der Waals surface area contributed by atoms with Crippen molar-refractivity contribution in [3.63, 3.8) is 0 Å². The quantitative estimate of drug-likeness (QED) is 0.646. The molecule has 2 aromatic heterocycles. The van der Waals surface area contributed by atoms with E-state index in [0.29, 0.717) is 37.7 Å². The summed E-state index contributed by atoms with van der Waals surface area (Å²) in [7, 11) is 0. The van der Waals surface area contributed by atoms with E-state index in [2.05, 4.69) is 24.6 Å². The summed E-state index contributed by atoms with van der Waals surface area (Å²) in [6, 6.07) is 7.45. The second kappa shape index (κ2) is 7.73. The number of amides is 1. The Bertz CT molecular complexity index is 1040. The molecule has 3 aromatic rings. The van der Waals surface area contributed by atoms with Crippen molar-refractivity contribution in [2.75, 3.05) is 31.1 Å². The zero-order valence-corrected chi connectivity index (χ0v) is 15.9. The summed E-state index contributed by atoms with van der Waals surface area (Å²) >= 11 is 0. The van der Waals surface area contributed by atoms with Gasteiger partial charge in [-0.25, -0.2) is 9.97 Å². The molecule has 0 atom stereocenters. The summed E-state index contributed by atoms with van der Waals surface area (Å²) in [6.45, 7) is 4.01. The van der Waals surface area contributed by atoms with Crippen LogP contribution in [0, 0.1) is 6.92 Å². The SMILES string of the molecule is Cc1ccccc1C(=O)N1CCN(c2ncc(-c3noc(C(F)(F)F)n3)cn2)CC1. The highest BCUT2D eigenvalue weighted by Gasteiger charge is 2.38. The average molecular weight is 418 g/mol. The number of piperazine rings is 1. The Morgan fingerprint density at radius 1 is 1.07 bits per heavy atom. The molecule has 0 saturated carbocycles. The molecule has 0 unspecified atom stereocenters. The van der Waals surface area contributed by atoms with E-state index < -0.39 is 12.1 Å². The second-order valence-electron chi connectivity index (χ2n) is 6.79. The third-order valence-corrected chi connectivity index (χ3v) is 4.79. The van der Waals surface area contributed by atoms with E-state index in [4.69, 9.17) is 0 Å². The molecular weight excluding hydrogens is 401 g/mol. The lowest BCUT2D eigenvalue weighted by molar-refractivity contribution is -0.159. The molecule has 3 heterocycles. The maximum Gasteiger partial charge on any atom is 0.471 e. The fourth-order valence-corrected chi connectivity index (χ4v) is 3.15. The first-order chi connectivity index (χ1) is 14.3. The number of carbonyl (C=O) groups is 1. The van der Waals surface area contributed by atoms with Crippen molar-refractivity contribution in [2.45, 2.75) is 13.1 Å². The van der Waals surface area contributed by atoms with Crippen molar-refractivity contribution >= 4 is 11.9 Å². The second-order valence-corrected chi connectivity index (χ2v) is 6.79. The first kappa shape index (κ1) is 19.8. The van der Waals surface area contributed by atoms with E-state index in [0.717, 1.165) is 5.56 Å². The van der Waals surface area contributed by atoms with Crippen molar-refractivity contribution in [2.24, 2.45) is 0 Å². The Kier molecular flexibility index (Phi) is 5.10. The Labute approximate surface area is 169 Å². The van der Waals surface area contributed by atoms with Gasteiger partial charge in [0.1, 0.15) is 0 Å². The monoisotopic (exact) mass is 418 g/mol. The fraction of sp³-hybridized carbons (Fsp3) is 0.316. The number of hydrogen-bond acceptors (Lipinski definition) is 7. The number of halogens is 3. The third-order valence-electron chi connectivity index (χ3n) is 4.79. The molecule has 11 heteroatoms. The number of alkyl halides is 3. The normalized spacial score (nSPS) is 14.8. The number of aryl methyl sites for hydroxylation is 1. The minimum atomic E-state index is -4.71. The molecule has 1 amide bonds. The molecule has 1 saturated heterocycles. The molecule has 0 bridgehead atoms. The van der Waals surface area contributed by atoms with Crippen molar-refractivity contribution in [3.8, 4) is 11.4 Å². The molecular formula is C19H17F3N6O2. The summed E-state index contributed by atoms with van der Waals surface area (Å²) < 4.78 is 42.0. The van der Waals surface area contributed by atoms with Gasteiger partial charge in [-0.15, -0.1) is 0 Å². The van der Waals surface area contributed by atoms with Crippen molar-refractivity contribution < 1.29 is 22.5 Å². The van der Waals surface area contributed by atoms with Gasteiger partial charge in [0, 0.05) is 44.1 Å². The third kappa shape index (κ3) is 3.95.